The van der Waals surface area contributed by atoms with Crippen molar-refractivity contribution in [1.29, 1.82) is 0 Å². The third-order valence-electron chi connectivity index (χ3n) is 3.63. The van der Waals surface area contributed by atoms with Gasteiger partial charge in [-0.05, 0) is 12.1 Å². The Morgan fingerprint density at radius 3 is 2.04 bits per heavy atom. The van der Waals surface area contributed by atoms with Crippen molar-refractivity contribution in [1.82, 2.24) is 25.2 Å². The number of aromatic nitrogens is 3. The molecule has 1 aliphatic rings. The summed E-state index contributed by atoms with van der Waals surface area (Å²) in [6.45, 7) is -0.442. The highest BCUT2D eigenvalue weighted by molar-refractivity contribution is 6.22. The number of ether oxygens (including phenoxy) is 2. The summed E-state index contributed by atoms with van der Waals surface area (Å²) in [5.74, 6) is -1.31. The first kappa shape index (κ1) is 17.3. The van der Waals surface area contributed by atoms with Gasteiger partial charge in [-0.25, -0.2) is 0 Å². The monoisotopic (exact) mass is 357 g/mol. The van der Waals surface area contributed by atoms with Crippen LogP contribution in [0, 0.1) is 0 Å². The van der Waals surface area contributed by atoms with Crippen molar-refractivity contribution in [2.24, 2.45) is 0 Å². The molecule has 0 saturated carbocycles. The van der Waals surface area contributed by atoms with E-state index in [2.05, 4.69) is 20.3 Å². The van der Waals surface area contributed by atoms with E-state index in [-0.39, 0.29) is 35.5 Å². The zero-order valence-electron chi connectivity index (χ0n) is 14.1. The zero-order valence-corrected chi connectivity index (χ0v) is 14.1. The minimum atomic E-state index is -0.530. The van der Waals surface area contributed by atoms with Gasteiger partial charge in [0.05, 0.1) is 31.9 Å². The van der Waals surface area contributed by atoms with Crippen LogP contribution in [0.3, 0.4) is 0 Å². The van der Waals surface area contributed by atoms with Crippen molar-refractivity contribution in [2.75, 3.05) is 20.8 Å². The first-order valence-corrected chi connectivity index (χ1v) is 7.58. The van der Waals surface area contributed by atoms with Crippen molar-refractivity contribution in [3.63, 3.8) is 0 Å². The number of hydrogen-bond acceptors (Lipinski definition) is 8. The maximum absolute atomic E-state index is 12.2. The van der Waals surface area contributed by atoms with Crippen molar-refractivity contribution in [2.45, 2.75) is 6.54 Å². The van der Waals surface area contributed by atoms with E-state index in [0.29, 0.717) is 0 Å². The third kappa shape index (κ3) is 3.29. The lowest BCUT2D eigenvalue weighted by Crippen LogP contribution is -2.40. The second kappa shape index (κ2) is 7.13. The molecule has 0 bridgehead atoms. The lowest BCUT2D eigenvalue weighted by Gasteiger charge is -2.13. The van der Waals surface area contributed by atoms with E-state index in [1.54, 1.807) is 24.3 Å². The highest BCUT2D eigenvalue weighted by Crippen LogP contribution is 2.21. The minimum Gasteiger partial charge on any atom is -0.467 e. The first-order valence-electron chi connectivity index (χ1n) is 7.58. The Morgan fingerprint density at radius 2 is 1.54 bits per heavy atom. The molecule has 134 valence electrons. The predicted octanol–water partition coefficient (Wildman–Crippen LogP) is -0.199. The number of carbonyl (C=O) groups is 3. The van der Waals surface area contributed by atoms with Crippen LogP contribution in [0.15, 0.2) is 24.3 Å². The first-order chi connectivity index (χ1) is 12.5. The number of hydrogen-bond donors (Lipinski definition) is 1. The number of methoxy groups -OCH3 is 2. The molecule has 1 aliphatic heterocycles. The van der Waals surface area contributed by atoms with Gasteiger partial charge < -0.3 is 14.8 Å². The molecule has 1 aromatic heterocycles. The molecule has 1 aromatic carbocycles. The standard InChI is InChI=1S/C16H15N5O5/c1-25-15-18-11(19-16(20-15)26-2)7-17-12(22)8-21-13(23)9-5-3-4-6-10(9)14(21)24/h3-6H,7-8H2,1-2H3,(H,17,22). The molecular weight excluding hydrogens is 342 g/mol. The number of imide groups is 1. The molecule has 0 atom stereocenters. The molecule has 3 amide bonds. The van der Waals surface area contributed by atoms with E-state index >= 15 is 0 Å². The smallest absolute Gasteiger partial charge is 0.322 e. The van der Waals surface area contributed by atoms with E-state index in [1.807, 2.05) is 0 Å². The lowest BCUT2D eigenvalue weighted by atomic mass is 10.1. The number of fused-ring (bicyclic) bond motifs is 1. The van der Waals surface area contributed by atoms with Gasteiger partial charge in [0.25, 0.3) is 11.8 Å². The lowest BCUT2D eigenvalue weighted by molar-refractivity contribution is -0.121. The van der Waals surface area contributed by atoms with Gasteiger partial charge in [0, 0.05) is 0 Å². The Bertz CT molecular complexity index is 828. The zero-order chi connectivity index (χ0) is 18.7. The summed E-state index contributed by atoms with van der Waals surface area (Å²) in [6.07, 6.45) is 0. The van der Waals surface area contributed by atoms with Gasteiger partial charge >= 0.3 is 12.0 Å². The fourth-order valence-electron chi connectivity index (χ4n) is 2.40. The number of nitrogens with zero attached hydrogens (tertiary/aromatic N) is 4. The Hall–Kier alpha value is -3.56. The Kier molecular flexibility index (Phi) is 4.74. The Labute approximate surface area is 148 Å². The molecule has 2 heterocycles. The topological polar surface area (TPSA) is 124 Å². The summed E-state index contributed by atoms with van der Waals surface area (Å²) in [4.78, 5) is 49.3. The van der Waals surface area contributed by atoms with Crippen LogP contribution in [0.4, 0.5) is 0 Å². The van der Waals surface area contributed by atoms with E-state index in [1.165, 1.54) is 14.2 Å². The average Bonchev–Trinajstić information content (AvgIpc) is 2.91. The maximum Gasteiger partial charge on any atom is 0.322 e. The highest BCUT2D eigenvalue weighted by Gasteiger charge is 2.36. The van der Waals surface area contributed by atoms with Crippen LogP contribution < -0.4 is 14.8 Å². The largest absolute Gasteiger partial charge is 0.467 e. The van der Waals surface area contributed by atoms with Gasteiger partial charge in [0.1, 0.15) is 6.54 Å². The number of rotatable bonds is 6. The van der Waals surface area contributed by atoms with E-state index in [4.69, 9.17) is 9.47 Å². The molecule has 10 heteroatoms. The Balaban J connectivity index is 1.64. The average molecular weight is 357 g/mol. The molecule has 0 unspecified atom stereocenters. The fourth-order valence-corrected chi connectivity index (χ4v) is 2.40. The van der Waals surface area contributed by atoms with Crippen molar-refractivity contribution < 1.29 is 23.9 Å². The van der Waals surface area contributed by atoms with Crippen LogP contribution >= 0.6 is 0 Å². The number of carbonyl (C=O) groups excluding carboxylic acids is 3. The van der Waals surface area contributed by atoms with Crippen LogP contribution in [0.1, 0.15) is 26.5 Å². The van der Waals surface area contributed by atoms with Crippen LogP contribution in [-0.4, -0.2) is 58.3 Å². The number of nitrogens with one attached hydrogen (secondary N) is 1. The molecule has 0 radical (unpaired) electrons. The molecule has 10 nitrogen and oxygen atoms in total. The predicted molar refractivity (Wildman–Crippen MR) is 86.6 cm³/mol. The van der Waals surface area contributed by atoms with Gasteiger partial charge in [-0.1, -0.05) is 12.1 Å². The molecule has 3 rings (SSSR count). The van der Waals surface area contributed by atoms with Gasteiger partial charge in [-0.15, -0.1) is 4.98 Å². The van der Waals surface area contributed by atoms with Crippen molar-refractivity contribution in [3.8, 4) is 12.0 Å². The molecule has 0 aliphatic carbocycles. The van der Waals surface area contributed by atoms with E-state index < -0.39 is 24.3 Å². The second-order valence-corrected chi connectivity index (χ2v) is 5.24. The molecule has 2 aromatic rings. The maximum atomic E-state index is 12.2. The molecule has 1 N–H and O–H groups in total. The number of benzene rings is 1. The highest BCUT2D eigenvalue weighted by atomic mass is 16.5. The number of amides is 3. The normalized spacial score (nSPS) is 12.8. The van der Waals surface area contributed by atoms with Crippen LogP contribution in [0.5, 0.6) is 12.0 Å². The van der Waals surface area contributed by atoms with Gasteiger partial charge in [0.15, 0.2) is 5.82 Å². The summed E-state index contributed by atoms with van der Waals surface area (Å²) in [6, 6.07) is 6.51. The summed E-state index contributed by atoms with van der Waals surface area (Å²) < 4.78 is 9.85. The molecule has 0 saturated heterocycles. The van der Waals surface area contributed by atoms with Gasteiger partial charge in [0.2, 0.25) is 5.91 Å². The Morgan fingerprint density at radius 1 is 1.00 bits per heavy atom. The second-order valence-electron chi connectivity index (χ2n) is 5.24. The SMILES string of the molecule is COc1nc(CNC(=O)CN2C(=O)c3ccccc3C2=O)nc(OC)n1. The molecule has 26 heavy (non-hydrogen) atoms. The van der Waals surface area contributed by atoms with Crippen molar-refractivity contribution >= 4 is 17.7 Å². The third-order valence-corrected chi connectivity index (χ3v) is 3.63. The van der Waals surface area contributed by atoms with Crippen LogP contribution in [-0.2, 0) is 11.3 Å². The van der Waals surface area contributed by atoms with Crippen LogP contribution in [0.2, 0.25) is 0 Å². The summed E-state index contributed by atoms with van der Waals surface area (Å²) in [5, 5.41) is 2.55. The van der Waals surface area contributed by atoms with E-state index in [0.717, 1.165) is 4.90 Å². The fraction of sp³-hybridized carbons (Fsp3) is 0.250. The molecule has 0 fully saturated rings. The minimum absolute atomic E-state index is 0.0430. The van der Waals surface area contributed by atoms with Crippen molar-refractivity contribution in [3.05, 3.63) is 41.2 Å². The molecular formula is C16H15N5O5. The summed E-state index contributed by atoms with van der Waals surface area (Å²) in [7, 11) is 2.78. The molecule has 0 spiro atoms. The van der Waals surface area contributed by atoms with E-state index in [9.17, 15) is 14.4 Å². The van der Waals surface area contributed by atoms with Gasteiger partial charge in [-0.2, -0.15) is 9.97 Å². The van der Waals surface area contributed by atoms with Gasteiger partial charge in [-0.3, -0.25) is 19.3 Å². The van der Waals surface area contributed by atoms with Crippen LogP contribution in [0.25, 0.3) is 0 Å². The quantitative estimate of drug-likeness (QED) is 0.705. The summed E-state index contributed by atoms with van der Waals surface area (Å²) >= 11 is 0. The summed E-state index contributed by atoms with van der Waals surface area (Å²) in [5.41, 5.74) is 0.578.